The highest BCUT2D eigenvalue weighted by Gasteiger charge is 2.20. The second-order valence-electron chi connectivity index (χ2n) is 3.72. The maximum atomic E-state index is 10.6. The molecule has 1 aliphatic rings. The Bertz CT molecular complexity index is 281. The van der Waals surface area contributed by atoms with E-state index in [-0.39, 0.29) is 5.97 Å². The highest BCUT2D eigenvalue weighted by Crippen LogP contribution is 2.16. The van der Waals surface area contributed by atoms with Crippen molar-refractivity contribution in [2.24, 2.45) is 0 Å². The Labute approximate surface area is 107 Å². The van der Waals surface area contributed by atoms with Gasteiger partial charge in [-0.3, -0.25) is 0 Å². The van der Waals surface area contributed by atoms with Crippen LogP contribution < -0.4 is 0 Å². The summed E-state index contributed by atoms with van der Waals surface area (Å²) in [4.78, 5) is 19.9. The number of rotatable bonds is 8. The standard InChI is InChI=1S/C10H16O3.C3H4O2/c1-2-10(11)12-7-5-3-4-6-9-8-13-9;1-2-3(4)5/h2,9H,1,3-8H2;2H,1H2,(H,4,5). The number of unbranched alkanes of at least 4 members (excludes halogenated alkanes) is 2. The molecule has 0 aliphatic carbocycles. The number of carbonyl (C=O) groups is 2. The van der Waals surface area contributed by atoms with Crippen LogP contribution in [0.1, 0.15) is 25.7 Å². The average Bonchev–Trinajstić information content (AvgIpc) is 3.17. The molecule has 0 aromatic heterocycles. The molecular formula is C13H20O5. The van der Waals surface area contributed by atoms with Crippen LogP contribution in [-0.2, 0) is 19.1 Å². The summed E-state index contributed by atoms with van der Waals surface area (Å²) in [7, 11) is 0. The first-order valence-corrected chi connectivity index (χ1v) is 5.86. The zero-order valence-corrected chi connectivity index (χ0v) is 10.5. The summed E-state index contributed by atoms with van der Waals surface area (Å²) in [6.45, 7) is 7.72. The third kappa shape index (κ3) is 12.4. The van der Waals surface area contributed by atoms with E-state index in [4.69, 9.17) is 14.6 Å². The van der Waals surface area contributed by atoms with Crippen molar-refractivity contribution in [3.05, 3.63) is 25.3 Å². The molecule has 1 rings (SSSR count). The third-order valence-electron chi connectivity index (χ3n) is 2.16. The van der Waals surface area contributed by atoms with E-state index in [0.29, 0.717) is 12.7 Å². The lowest BCUT2D eigenvalue weighted by Gasteiger charge is -2.00. The van der Waals surface area contributed by atoms with Gasteiger partial charge in [0.25, 0.3) is 0 Å². The molecule has 0 amide bonds. The first kappa shape index (κ1) is 16.4. The molecule has 0 radical (unpaired) electrons. The molecule has 0 aromatic rings. The second-order valence-corrected chi connectivity index (χ2v) is 3.72. The first-order valence-electron chi connectivity index (χ1n) is 5.86. The van der Waals surface area contributed by atoms with Crippen LogP contribution in [0, 0.1) is 0 Å². The minimum Gasteiger partial charge on any atom is -0.478 e. The Morgan fingerprint density at radius 2 is 1.89 bits per heavy atom. The van der Waals surface area contributed by atoms with Gasteiger partial charge >= 0.3 is 11.9 Å². The lowest BCUT2D eigenvalue weighted by atomic mass is 10.2. The highest BCUT2D eigenvalue weighted by molar-refractivity contribution is 5.81. The summed E-state index contributed by atoms with van der Waals surface area (Å²) in [5.74, 6) is -1.31. The van der Waals surface area contributed by atoms with Gasteiger partial charge in [0.05, 0.1) is 19.3 Å². The summed E-state index contributed by atoms with van der Waals surface area (Å²) in [5, 5.41) is 7.60. The second kappa shape index (κ2) is 10.5. The van der Waals surface area contributed by atoms with Gasteiger partial charge < -0.3 is 14.6 Å². The predicted octanol–water partition coefficient (Wildman–Crippen LogP) is 1.93. The molecule has 1 aliphatic heterocycles. The van der Waals surface area contributed by atoms with E-state index in [1.165, 1.54) is 6.08 Å². The molecule has 0 saturated carbocycles. The third-order valence-corrected chi connectivity index (χ3v) is 2.16. The summed E-state index contributed by atoms with van der Waals surface area (Å²) in [5.41, 5.74) is 0. The van der Waals surface area contributed by atoms with E-state index in [1.807, 2.05) is 0 Å². The van der Waals surface area contributed by atoms with Gasteiger partial charge in [-0.1, -0.05) is 19.6 Å². The number of hydrogen-bond acceptors (Lipinski definition) is 4. The zero-order chi connectivity index (χ0) is 13.8. The molecule has 1 fully saturated rings. The molecule has 5 nitrogen and oxygen atoms in total. The lowest BCUT2D eigenvalue weighted by molar-refractivity contribution is -0.138. The van der Waals surface area contributed by atoms with Gasteiger partial charge in [0.15, 0.2) is 0 Å². The van der Waals surface area contributed by atoms with Crippen LogP contribution >= 0.6 is 0 Å². The molecule has 1 unspecified atom stereocenters. The Kier molecular flexibility index (Phi) is 9.58. The van der Waals surface area contributed by atoms with Gasteiger partial charge in [-0.2, -0.15) is 0 Å². The number of carboxylic acids is 1. The van der Waals surface area contributed by atoms with Crippen molar-refractivity contribution in [2.75, 3.05) is 13.2 Å². The summed E-state index contributed by atoms with van der Waals surface area (Å²) in [6.07, 6.45) is 6.90. The van der Waals surface area contributed by atoms with Crippen LogP contribution in [0.3, 0.4) is 0 Å². The SMILES string of the molecule is C=CC(=O)O.C=CC(=O)OCCCCCC1CO1. The van der Waals surface area contributed by atoms with Crippen molar-refractivity contribution in [1.29, 1.82) is 0 Å². The normalized spacial score (nSPS) is 15.9. The number of ether oxygens (including phenoxy) is 2. The van der Waals surface area contributed by atoms with Crippen LogP contribution in [-0.4, -0.2) is 36.4 Å². The first-order chi connectivity index (χ1) is 8.60. The number of hydrogen-bond donors (Lipinski definition) is 1. The largest absolute Gasteiger partial charge is 0.478 e. The molecule has 1 N–H and O–H groups in total. The maximum Gasteiger partial charge on any atom is 0.330 e. The number of epoxide rings is 1. The van der Waals surface area contributed by atoms with Crippen molar-refractivity contribution in [1.82, 2.24) is 0 Å². The van der Waals surface area contributed by atoms with Gasteiger partial charge in [0.1, 0.15) is 0 Å². The number of carboxylic acid groups (broad SMARTS) is 1. The van der Waals surface area contributed by atoms with Crippen molar-refractivity contribution in [3.8, 4) is 0 Å². The van der Waals surface area contributed by atoms with Crippen LogP contribution in [0.5, 0.6) is 0 Å². The van der Waals surface area contributed by atoms with Crippen molar-refractivity contribution in [3.63, 3.8) is 0 Å². The predicted molar refractivity (Wildman–Crippen MR) is 67.2 cm³/mol. The quantitative estimate of drug-likeness (QED) is 0.311. The smallest absolute Gasteiger partial charge is 0.330 e. The Morgan fingerprint density at radius 3 is 2.33 bits per heavy atom. The molecule has 102 valence electrons. The Balaban J connectivity index is 0.000000494. The van der Waals surface area contributed by atoms with Crippen molar-refractivity contribution < 1.29 is 24.2 Å². The van der Waals surface area contributed by atoms with E-state index >= 15 is 0 Å². The van der Waals surface area contributed by atoms with Crippen molar-refractivity contribution in [2.45, 2.75) is 31.8 Å². The minimum atomic E-state index is -0.981. The van der Waals surface area contributed by atoms with Gasteiger partial charge in [-0.25, -0.2) is 9.59 Å². The fourth-order valence-electron chi connectivity index (χ4n) is 1.12. The van der Waals surface area contributed by atoms with E-state index in [9.17, 15) is 9.59 Å². The fraction of sp³-hybridized carbons (Fsp3) is 0.538. The van der Waals surface area contributed by atoms with Crippen LogP contribution in [0.25, 0.3) is 0 Å². The highest BCUT2D eigenvalue weighted by atomic mass is 16.6. The van der Waals surface area contributed by atoms with Crippen LogP contribution in [0.15, 0.2) is 25.3 Å². The molecular weight excluding hydrogens is 236 g/mol. The Morgan fingerprint density at radius 1 is 1.28 bits per heavy atom. The monoisotopic (exact) mass is 256 g/mol. The number of aliphatic carboxylic acids is 1. The lowest BCUT2D eigenvalue weighted by Crippen LogP contribution is -2.01. The molecule has 1 atom stereocenters. The summed E-state index contributed by atoms with van der Waals surface area (Å²) in [6, 6.07) is 0. The molecule has 1 saturated heterocycles. The van der Waals surface area contributed by atoms with E-state index in [2.05, 4.69) is 13.2 Å². The topological polar surface area (TPSA) is 76.1 Å². The van der Waals surface area contributed by atoms with E-state index in [1.54, 1.807) is 0 Å². The van der Waals surface area contributed by atoms with E-state index in [0.717, 1.165) is 38.4 Å². The average molecular weight is 256 g/mol. The zero-order valence-electron chi connectivity index (χ0n) is 10.5. The van der Waals surface area contributed by atoms with Gasteiger partial charge in [-0.05, 0) is 19.3 Å². The molecule has 18 heavy (non-hydrogen) atoms. The molecule has 0 aromatic carbocycles. The van der Waals surface area contributed by atoms with Gasteiger partial charge in [0, 0.05) is 12.2 Å². The Hall–Kier alpha value is -1.62. The summed E-state index contributed by atoms with van der Waals surface area (Å²) < 4.78 is 9.90. The van der Waals surface area contributed by atoms with E-state index < -0.39 is 5.97 Å². The molecule has 5 heteroatoms. The van der Waals surface area contributed by atoms with Crippen LogP contribution in [0.2, 0.25) is 0 Å². The van der Waals surface area contributed by atoms with Gasteiger partial charge in [0.2, 0.25) is 0 Å². The number of esters is 1. The maximum absolute atomic E-state index is 10.6. The molecule has 0 spiro atoms. The fourth-order valence-corrected chi connectivity index (χ4v) is 1.12. The van der Waals surface area contributed by atoms with Crippen molar-refractivity contribution >= 4 is 11.9 Å². The number of carbonyl (C=O) groups excluding carboxylic acids is 1. The molecule has 0 bridgehead atoms. The van der Waals surface area contributed by atoms with Gasteiger partial charge in [-0.15, -0.1) is 0 Å². The minimum absolute atomic E-state index is 0.328. The molecule has 1 heterocycles. The summed E-state index contributed by atoms with van der Waals surface area (Å²) >= 11 is 0. The van der Waals surface area contributed by atoms with Crippen LogP contribution in [0.4, 0.5) is 0 Å².